The van der Waals surface area contributed by atoms with Crippen molar-refractivity contribution in [2.45, 2.75) is 20.0 Å². The van der Waals surface area contributed by atoms with Crippen LogP contribution in [0.15, 0.2) is 96.2 Å². The maximum absolute atomic E-state index is 13.1. The Bertz CT molecular complexity index is 1810. The number of hydrogen-bond acceptors (Lipinski definition) is 3. The van der Waals surface area contributed by atoms with Crippen LogP contribution in [0.3, 0.4) is 0 Å². The number of hydrogen-bond donors (Lipinski definition) is 3. The summed E-state index contributed by atoms with van der Waals surface area (Å²) in [5.41, 5.74) is 12.9. The zero-order valence-corrected chi connectivity index (χ0v) is 21.3. The molecule has 8 heteroatoms. The largest absolute Gasteiger partial charge is 0.481 e. The van der Waals surface area contributed by atoms with Crippen LogP contribution in [0.5, 0.6) is 0 Å². The fourth-order valence-electron chi connectivity index (χ4n) is 4.94. The fourth-order valence-corrected chi connectivity index (χ4v) is 4.94. The number of para-hydroxylation sites is 2. The van der Waals surface area contributed by atoms with E-state index in [1.165, 1.54) is 5.56 Å². The second-order valence-electron chi connectivity index (χ2n) is 9.19. The minimum absolute atomic E-state index is 0.157. The molecule has 0 unspecified atom stereocenters. The number of aromatic amines is 1. The smallest absolute Gasteiger partial charge is 0.330 e. The molecule has 0 fully saturated rings. The van der Waals surface area contributed by atoms with E-state index in [0.717, 1.165) is 51.2 Å². The number of carboxylic acids is 1. The molecule has 38 heavy (non-hydrogen) atoms. The molecule has 0 bridgehead atoms. The molecule has 4 N–H and O–H groups in total. The molecular formula is C30H29N5O3. The maximum Gasteiger partial charge on any atom is 0.330 e. The number of carboxylic acid groups (broad SMARTS) is 1. The summed E-state index contributed by atoms with van der Waals surface area (Å²) < 4.78 is 6.09. The van der Waals surface area contributed by atoms with E-state index < -0.39 is 5.97 Å². The first-order valence-corrected chi connectivity index (χ1v) is 12.3. The molecule has 6 aromatic rings. The predicted octanol–water partition coefficient (Wildman–Crippen LogP) is 4.88. The van der Waals surface area contributed by atoms with Gasteiger partial charge in [-0.2, -0.15) is 0 Å². The fraction of sp³-hybridized carbons (Fsp3) is 0.133. The Morgan fingerprint density at radius 3 is 2.32 bits per heavy atom. The number of benzene rings is 3. The molecule has 192 valence electrons. The Kier molecular flexibility index (Phi) is 6.72. The lowest BCUT2D eigenvalue weighted by Crippen LogP contribution is -2.15. The number of nitrogens with zero attached hydrogens (tertiary/aromatic N) is 3. The van der Waals surface area contributed by atoms with Crippen LogP contribution in [0.4, 0.5) is 0 Å². The number of rotatable bonds is 5. The van der Waals surface area contributed by atoms with E-state index >= 15 is 0 Å². The van der Waals surface area contributed by atoms with Gasteiger partial charge in [-0.05, 0) is 23.3 Å². The van der Waals surface area contributed by atoms with Crippen LogP contribution in [0, 0.1) is 0 Å². The van der Waals surface area contributed by atoms with Crippen LogP contribution in [0.25, 0.3) is 38.8 Å². The van der Waals surface area contributed by atoms with E-state index in [1.54, 1.807) is 10.8 Å². The lowest BCUT2D eigenvalue weighted by molar-refractivity contribution is -0.134. The lowest BCUT2D eigenvalue weighted by Gasteiger charge is -2.07. The number of aryl methyl sites for hydroxylation is 1. The highest BCUT2D eigenvalue weighted by atomic mass is 16.4. The summed E-state index contributed by atoms with van der Waals surface area (Å²) in [6.45, 7) is 2.29. The van der Waals surface area contributed by atoms with Gasteiger partial charge in [-0.1, -0.05) is 60.7 Å². The standard InChI is InChI=1S/C28H25N5O.C2H4O2/c1-31-17-23(21-9-2-4-11-24(21)31)26-15-30-28(34)33(26)27-18-32(25-12-5-3-10-22(25)27)16-20-8-6-7-19(13-20)14-29;1-2(3)4/h2-13,15,17-18H,14,16,29H2,1H3,(H,30,34);1H3,(H,3,4). The third-order valence-corrected chi connectivity index (χ3v) is 6.54. The van der Waals surface area contributed by atoms with E-state index in [-0.39, 0.29) is 5.69 Å². The van der Waals surface area contributed by atoms with Crippen LogP contribution in [-0.4, -0.2) is 29.8 Å². The van der Waals surface area contributed by atoms with Crippen LogP contribution < -0.4 is 11.4 Å². The minimum Gasteiger partial charge on any atom is -0.481 e. The number of H-pyrrole nitrogens is 1. The number of carbonyl (C=O) groups is 1. The van der Waals surface area contributed by atoms with E-state index in [2.05, 4.69) is 62.9 Å². The molecule has 0 atom stereocenters. The van der Waals surface area contributed by atoms with E-state index in [4.69, 9.17) is 15.6 Å². The molecular weight excluding hydrogens is 478 g/mol. The van der Waals surface area contributed by atoms with Crippen LogP contribution in [0.1, 0.15) is 18.1 Å². The number of imidazole rings is 1. The van der Waals surface area contributed by atoms with Crippen molar-refractivity contribution in [1.29, 1.82) is 0 Å². The summed E-state index contributed by atoms with van der Waals surface area (Å²) in [7, 11) is 2.03. The van der Waals surface area contributed by atoms with E-state index in [0.29, 0.717) is 13.1 Å². The Morgan fingerprint density at radius 2 is 1.58 bits per heavy atom. The first-order chi connectivity index (χ1) is 18.4. The number of aliphatic carboxylic acids is 1. The molecule has 0 aliphatic heterocycles. The molecule has 0 aliphatic rings. The van der Waals surface area contributed by atoms with Crippen LogP contribution in [0.2, 0.25) is 0 Å². The minimum atomic E-state index is -0.833. The molecule has 0 amide bonds. The summed E-state index contributed by atoms with van der Waals surface area (Å²) in [4.78, 5) is 25.1. The van der Waals surface area contributed by atoms with Crippen LogP contribution in [-0.2, 0) is 24.9 Å². The first kappa shape index (κ1) is 24.9. The van der Waals surface area contributed by atoms with E-state index in [1.807, 2.05) is 43.4 Å². The van der Waals surface area contributed by atoms with Crippen molar-refractivity contribution >= 4 is 27.8 Å². The van der Waals surface area contributed by atoms with Gasteiger partial charge in [0.05, 0.1) is 16.9 Å². The molecule has 0 radical (unpaired) electrons. The second kappa shape index (κ2) is 10.3. The van der Waals surface area contributed by atoms with Gasteiger partial charge in [0.15, 0.2) is 0 Å². The third kappa shape index (κ3) is 4.65. The van der Waals surface area contributed by atoms with E-state index in [9.17, 15) is 4.79 Å². The molecule has 0 saturated carbocycles. The first-order valence-electron chi connectivity index (χ1n) is 12.3. The van der Waals surface area contributed by atoms with Crippen molar-refractivity contribution in [1.82, 2.24) is 18.7 Å². The molecule has 3 aromatic carbocycles. The summed E-state index contributed by atoms with van der Waals surface area (Å²) in [5, 5.41) is 9.56. The number of aromatic nitrogens is 4. The zero-order chi connectivity index (χ0) is 26.8. The Hall–Kier alpha value is -4.82. The molecule has 3 aromatic heterocycles. The Morgan fingerprint density at radius 1 is 0.921 bits per heavy atom. The monoisotopic (exact) mass is 507 g/mol. The molecule has 3 heterocycles. The van der Waals surface area contributed by atoms with Gasteiger partial charge in [-0.25, -0.2) is 4.79 Å². The van der Waals surface area contributed by atoms with Gasteiger partial charge in [-0.15, -0.1) is 0 Å². The maximum atomic E-state index is 13.1. The van der Waals surface area contributed by atoms with Crippen molar-refractivity contribution in [2.75, 3.05) is 0 Å². The van der Waals surface area contributed by atoms with Gasteiger partial charge < -0.3 is 25.0 Å². The average molecular weight is 508 g/mol. The van der Waals surface area contributed by atoms with Gasteiger partial charge in [0.2, 0.25) is 0 Å². The summed E-state index contributed by atoms with van der Waals surface area (Å²) in [5.74, 6) is -0.833. The van der Waals surface area contributed by atoms with Gasteiger partial charge in [0.25, 0.3) is 5.97 Å². The average Bonchev–Trinajstić information content (AvgIpc) is 3.57. The van der Waals surface area contributed by atoms with Crippen LogP contribution >= 0.6 is 0 Å². The summed E-state index contributed by atoms with van der Waals surface area (Å²) in [6, 6.07) is 24.8. The SMILES string of the molecule is CC(=O)O.Cn1cc(-c2c[nH]c(=O)n2-c2cn(Cc3cccc(CN)c3)c3ccccc23)c2ccccc21. The van der Waals surface area contributed by atoms with Gasteiger partial charge in [0.1, 0.15) is 0 Å². The summed E-state index contributed by atoms with van der Waals surface area (Å²) in [6.07, 6.45) is 5.96. The van der Waals surface area contributed by atoms with Crippen molar-refractivity contribution in [2.24, 2.45) is 12.8 Å². The molecule has 8 nitrogen and oxygen atoms in total. The van der Waals surface area contributed by atoms with Gasteiger partial charge in [0, 0.05) is 67.5 Å². The third-order valence-electron chi connectivity index (χ3n) is 6.54. The topological polar surface area (TPSA) is 111 Å². The van der Waals surface area contributed by atoms with Crippen molar-refractivity contribution < 1.29 is 9.90 Å². The van der Waals surface area contributed by atoms with Crippen molar-refractivity contribution in [3.05, 3.63) is 113 Å². The summed E-state index contributed by atoms with van der Waals surface area (Å²) >= 11 is 0. The van der Waals surface area contributed by atoms with Gasteiger partial charge >= 0.3 is 5.69 Å². The lowest BCUT2D eigenvalue weighted by atomic mass is 10.1. The normalized spacial score (nSPS) is 11.0. The highest BCUT2D eigenvalue weighted by Crippen LogP contribution is 2.33. The second-order valence-corrected chi connectivity index (χ2v) is 9.19. The van der Waals surface area contributed by atoms with Gasteiger partial charge in [-0.3, -0.25) is 9.36 Å². The zero-order valence-electron chi connectivity index (χ0n) is 21.3. The highest BCUT2D eigenvalue weighted by Gasteiger charge is 2.19. The number of nitrogens with two attached hydrogens (primary N) is 1. The molecule has 0 aliphatic carbocycles. The molecule has 0 spiro atoms. The number of nitrogens with one attached hydrogen (secondary N) is 1. The quantitative estimate of drug-likeness (QED) is 0.309. The van der Waals surface area contributed by atoms with Crippen molar-refractivity contribution in [3.8, 4) is 16.9 Å². The predicted molar refractivity (Wildman–Crippen MR) is 151 cm³/mol. The Labute approximate surface area is 219 Å². The highest BCUT2D eigenvalue weighted by molar-refractivity contribution is 5.96. The van der Waals surface area contributed by atoms with Crippen molar-refractivity contribution in [3.63, 3.8) is 0 Å². The molecule has 0 saturated heterocycles. The molecule has 6 rings (SSSR count). The Balaban J connectivity index is 0.000000689. The number of fused-ring (bicyclic) bond motifs is 2.